The lowest BCUT2D eigenvalue weighted by Gasteiger charge is -2.10. The number of nitrogens with zero attached hydrogens (tertiary/aromatic N) is 5. The average molecular weight is 294 g/mol. The summed E-state index contributed by atoms with van der Waals surface area (Å²) in [5.74, 6) is 0.554. The molecule has 0 aliphatic heterocycles. The Bertz CT molecular complexity index is 779. The summed E-state index contributed by atoms with van der Waals surface area (Å²) in [5, 5.41) is 15.6. The van der Waals surface area contributed by atoms with Gasteiger partial charge in [-0.05, 0) is 50.1 Å². The SMILES string of the molecule is Cc1cc(-n2cccn2)ccc1CNc1nnc(C)c(C)n1. The van der Waals surface area contributed by atoms with Crippen LogP contribution in [0.25, 0.3) is 5.69 Å². The molecule has 0 radical (unpaired) electrons. The fourth-order valence-electron chi connectivity index (χ4n) is 2.15. The number of hydrogen-bond donors (Lipinski definition) is 1. The molecule has 0 aliphatic rings. The number of aryl methyl sites for hydroxylation is 3. The number of nitrogens with one attached hydrogen (secondary N) is 1. The van der Waals surface area contributed by atoms with E-state index < -0.39 is 0 Å². The molecule has 1 aromatic carbocycles. The van der Waals surface area contributed by atoms with Crippen LogP contribution >= 0.6 is 0 Å². The van der Waals surface area contributed by atoms with Crippen LogP contribution in [0.2, 0.25) is 0 Å². The summed E-state index contributed by atoms with van der Waals surface area (Å²) < 4.78 is 1.85. The van der Waals surface area contributed by atoms with Crippen molar-refractivity contribution in [3.8, 4) is 5.69 Å². The van der Waals surface area contributed by atoms with E-state index in [1.807, 2.05) is 30.8 Å². The molecule has 0 atom stereocenters. The summed E-state index contributed by atoms with van der Waals surface area (Å²) >= 11 is 0. The Hall–Kier alpha value is -2.76. The van der Waals surface area contributed by atoms with Gasteiger partial charge in [0.25, 0.3) is 0 Å². The molecular weight excluding hydrogens is 276 g/mol. The molecule has 0 saturated heterocycles. The molecule has 0 unspecified atom stereocenters. The van der Waals surface area contributed by atoms with Gasteiger partial charge in [-0.2, -0.15) is 10.2 Å². The highest BCUT2D eigenvalue weighted by Crippen LogP contribution is 2.15. The van der Waals surface area contributed by atoms with E-state index >= 15 is 0 Å². The highest BCUT2D eigenvalue weighted by molar-refractivity contribution is 5.41. The first-order valence-electron chi connectivity index (χ1n) is 7.15. The fourth-order valence-corrected chi connectivity index (χ4v) is 2.15. The van der Waals surface area contributed by atoms with Gasteiger partial charge in [0.05, 0.1) is 17.1 Å². The lowest BCUT2D eigenvalue weighted by molar-refractivity contribution is 0.873. The maximum atomic E-state index is 4.38. The minimum Gasteiger partial charge on any atom is -0.349 e. The van der Waals surface area contributed by atoms with Gasteiger partial charge in [-0.1, -0.05) is 6.07 Å². The molecular formula is C16H18N6. The zero-order valence-corrected chi connectivity index (χ0v) is 12.9. The predicted molar refractivity (Wildman–Crippen MR) is 84.9 cm³/mol. The second kappa shape index (κ2) is 5.93. The van der Waals surface area contributed by atoms with Crippen molar-refractivity contribution in [2.75, 3.05) is 5.32 Å². The minimum absolute atomic E-state index is 0.554. The van der Waals surface area contributed by atoms with Crippen LogP contribution in [0.3, 0.4) is 0 Å². The van der Waals surface area contributed by atoms with E-state index in [9.17, 15) is 0 Å². The third-order valence-electron chi connectivity index (χ3n) is 3.62. The fraction of sp³-hybridized carbons (Fsp3) is 0.250. The summed E-state index contributed by atoms with van der Waals surface area (Å²) in [4.78, 5) is 4.38. The molecule has 0 aliphatic carbocycles. The van der Waals surface area contributed by atoms with Crippen molar-refractivity contribution in [2.24, 2.45) is 0 Å². The number of aromatic nitrogens is 5. The van der Waals surface area contributed by atoms with Crippen molar-refractivity contribution >= 4 is 5.95 Å². The van der Waals surface area contributed by atoms with Crippen LogP contribution in [-0.4, -0.2) is 25.0 Å². The van der Waals surface area contributed by atoms with Gasteiger partial charge in [-0.25, -0.2) is 9.67 Å². The molecule has 6 heteroatoms. The maximum Gasteiger partial charge on any atom is 0.243 e. The monoisotopic (exact) mass is 294 g/mol. The molecule has 0 fully saturated rings. The molecule has 6 nitrogen and oxygen atoms in total. The van der Waals surface area contributed by atoms with Gasteiger partial charge in [0.2, 0.25) is 5.95 Å². The van der Waals surface area contributed by atoms with Crippen molar-refractivity contribution in [1.29, 1.82) is 0 Å². The van der Waals surface area contributed by atoms with Crippen molar-refractivity contribution in [2.45, 2.75) is 27.3 Å². The van der Waals surface area contributed by atoms with Gasteiger partial charge in [0.1, 0.15) is 0 Å². The van der Waals surface area contributed by atoms with Gasteiger partial charge in [0, 0.05) is 18.9 Å². The van der Waals surface area contributed by atoms with E-state index in [0.29, 0.717) is 12.5 Å². The highest BCUT2D eigenvalue weighted by Gasteiger charge is 2.05. The third-order valence-corrected chi connectivity index (χ3v) is 3.62. The van der Waals surface area contributed by atoms with Gasteiger partial charge in [0.15, 0.2) is 0 Å². The molecule has 3 aromatic rings. The zero-order valence-electron chi connectivity index (χ0n) is 12.9. The Morgan fingerprint density at radius 3 is 2.64 bits per heavy atom. The van der Waals surface area contributed by atoms with E-state index in [4.69, 9.17) is 0 Å². The molecule has 2 heterocycles. The van der Waals surface area contributed by atoms with Crippen LogP contribution < -0.4 is 5.32 Å². The number of hydrogen-bond acceptors (Lipinski definition) is 5. The molecule has 3 rings (SSSR count). The first-order chi connectivity index (χ1) is 10.6. The molecule has 112 valence electrons. The topological polar surface area (TPSA) is 68.5 Å². The predicted octanol–water partition coefficient (Wildman–Crippen LogP) is 2.59. The quantitative estimate of drug-likeness (QED) is 0.801. The second-order valence-corrected chi connectivity index (χ2v) is 5.22. The van der Waals surface area contributed by atoms with E-state index in [0.717, 1.165) is 17.1 Å². The molecule has 2 aromatic heterocycles. The molecule has 0 saturated carbocycles. The average Bonchev–Trinajstić information content (AvgIpc) is 3.04. The summed E-state index contributed by atoms with van der Waals surface area (Å²) in [6.45, 7) is 6.58. The minimum atomic E-state index is 0.554. The summed E-state index contributed by atoms with van der Waals surface area (Å²) in [6.07, 6.45) is 3.70. The van der Waals surface area contributed by atoms with Crippen LogP contribution in [0.15, 0.2) is 36.7 Å². The summed E-state index contributed by atoms with van der Waals surface area (Å²) in [6, 6.07) is 8.17. The molecule has 0 bridgehead atoms. The van der Waals surface area contributed by atoms with Crippen LogP contribution in [0.4, 0.5) is 5.95 Å². The zero-order chi connectivity index (χ0) is 15.5. The van der Waals surface area contributed by atoms with Gasteiger partial charge >= 0.3 is 0 Å². The first kappa shape index (κ1) is 14.2. The Balaban J connectivity index is 1.74. The van der Waals surface area contributed by atoms with Crippen LogP contribution in [0.5, 0.6) is 0 Å². The number of anilines is 1. The largest absolute Gasteiger partial charge is 0.349 e. The van der Waals surface area contributed by atoms with Crippen LogP contribution in [0, 0.1) is 20.8 Å². The Morgan fingerprint density at radius 2 is 1.95 bits per heavy atom. The molecule has 0 spiro atoms. The molecule has 22 heavy (non-hydrogen) atoms. The Morgan fingerprint density at radius 1 is 1.09 bits per heavy atom. The second-order valence-electron chi connectivity index (χ2n) is 5.22. The lowest BCUT2D eigenvalue weighted by atomic mass is 10.1. The van der Waals surface area contributed by atoms with Crippen molar-refractivity contribution in [3.05, 3.63) is 59.2 Å². The van der Waals surface area contributed by atoms with Crippen molar-refractivity contribution in [1.82, 2.24) is 25.0 Å². The maximum absolute atomic E-state index is 4.38. The Kier molecular flexibility index (Phi) is 3.82. The third kappa shape index (κ3) is 2.95. The van der Waals surface area contributed by atoms with Crippen molar-refractivity contribution < 1.29 is 0 Å². The van der Waals surface area contributed by atoms with Gasteiger partial charge in [-0.3, -0.25) is 0 Å². The van der Waals surface area contributed by atoms with Crippen molar-refractivity contribution in [3.63, 3.8) is 0 Å². The summed E-state index contributed by atoms with van der Waals surface area (Å²) in [7, 11) is 0. The van der Waals surface area contributed by atoms with E-state index in [1.54, 1.807) is 6.20 Å². The normalized spacial score (nSPS) is 10.7. The molecule has 0 amide bonds. The lowest BCUT2D eigenvalue weighted by Crippen LogP contribution is -2.08. The van der Waals surface area contributed by atoms with E-state index in [2.05, 4.69) is 50.7 Å². The molecule has 1 N–H and O–H groups in total. The summed E-state index contributed by atoms with van der Waals surface area (Å²) in [5.41, 5.74) is 5.18. The van der Waals surface area contributed by atoms with Crippen LogP contribution in [-0.2, 0) is 6.54 Å². The Labute approximate surface area is 129 Å². The van der Waals surface area contributed by atoms with Gasteiger partial charge < -0.3 is 5.32 Å². The van der Waals surface area contributed by atoms with Gasteiger partial charge in [-0.15, -0.1) is 5.10 Å². The van der Waals surface area contributed by atoms with E-state index in [-0.39, 0.29) is 0 Å². The number of benzene rings is 1. The first-order valence-corrected chi connectivity index (χ1v) is 7.15. The standard InChI is InChI=1S/C16H18N6/c1-11-9-15(22-8-4-7-18-22)6-5-14(11)10-17-16-19-12(2)13(3)20-21-16/h4-9H,10H2,1-3H3,(H,17,19,21). The van der Waals surface area contributed by atoms with Crippen LogP contribution in [0.1, 0.15) is 22.5 Å². The highest BCUT2D eigenvalue weighted by atomic mass is 15.3. The smallest absolute Gasteiger partial charge is 0.243 e. The number of rotatable bonds is 4. The van der Waals surface area contributed by atoms with E-state index in [1.165, 1.54) is 11.1 Å².